The van der Waals surface area contributed by atoms with Gasteiger partial charge in [0.2, 0.25) is 0 Å². The molecule has 1 unspecified atom stereocenters. The molecular weight excluding hydrogens is 275 g/mol. The number of likely N-dealkylation sites (N-methyl/N-ethyl adjacent to an activating group) is 1. The van der Waals surface area contributed by atoms with Crippen molar-refractivity contribution in [3.63, 3.8) is 0 Å². The van der Waals surface area contributed by atoms with Crippen molar-refractivity contribution in [3.8, 4) is 0 Å². The molecule has 2 nitrogen and oxygen atoms in total. The third kappa shape index (κ3) is 3.35. The molecule has 4 heteroatoms. The highest BCUT2D eigenvalue weighted by Gasteiger charge is 2.17. The van der Waals surface area contributed by atoms with Crippen LogP contribution in [-0.2, 0) is 6.42 Å². The van der Waals surface area contributed by atoms with Gasteiger partial charge in [-0.1, -0.05) is 30.7 Å². The van der Waals surface area contributed by atoms with E-state index < -0.39 is 0 Å². The standard InChI is InChI=1S/C16H18ClFN2/c1-3-19-16(12-6-5-9-20-11(12)2)10-13-14(17)7-4-8-15(13)18/h4-9,16,19H,3,10H2,1-2H3. The van der Waals surface area contributed by atoms with Crippen LogP contribution in [0.4, 0.5) is 4.39 Å². The Morgan fingerprint density at radius 2 is 2.10 bits per heavy atom. The lowest BCUT2D eigenvalue weighted by molar-refractivity contribution is 0.524. The highest BCUT2D eigenvalue weighted by molar-refractivity contribution is 6.31. The van der Waals surface area contributed by atoms with Gasteiger partial charge in [0.25, 0.3) is 0 Å². The van der Waals surface area contributed by atoms with Crippen LogP contribution in [0, 0.1) is 12.7 Å². The Labute approximate surface area is 124 Å². The summed E-state index contributed by atoms with van der Waals surface area (Å²) in [6.45, 7) is 4.79. The molecule has 1 heterocycles. The van der Waals surface area contributed by atoms with Crippen LogP contribution in [0.3, 0.4) is 0 Å². The van der Waals surface area contributed by atoms with E-state index in [4.69, 9.17) is 11.6 Å². The van der Waals surface area contributed by atoms with E-state index in [1.165, 1.54) is 6.07 Å². The van der Waals surface area contributed by atoms with E-state index >= 15 is 0 Å². The number of hydrogen-bond donors (Lipinski definition) is 1. The van der Waals surface area contributed by atoms with Crippen LogP contribution in [0.1, 0.15) is 29.8 Å². The normalized spacial score (nSPS) is 12.4. The molecule has 0 saturated carbocycles. The van der Waals surface area contributed by atoms with Crippen LogP contribution in [0.5, 0.6) is 0 Å². The molecule has 0 saturated heterocycles. The minimum Gasteiger partial charge on any atom is -0.310 e. The van der Waals surface area contributed by atoms with Crippen molar-refractivity contribution < 1.29 is 4.39 Å². The predicted octanol–water partition coefficient (Wildman–Crippen LogP) is 4.08. The van der Waals surface area contributed by atoms with E-state index in [1.54, 1.807) is 18.3 Å². The Bertz CT molecular complexity index is 566. The van der Waals surface area contributed by atoms with Crippen LogP contribution in [0.25, 0.3) is 0 Å². The molecule has 0 radical (unpaired) electrons. The Balaban J connectivity index is 2.33. The summed E-state index contributed by atoms with van der Waals surface area (Å²) in [5.74, 6) is -0.262. The van der Waals surface area contributed by atoms with Crippen LogP contribution in [0.15, 0.2) is 36.5 Å². The molecule has 2 rings (SSSR count). The second kappa shape index (κ2) is 6.82. The van der Waals surface area contributed by atoms with Gasteiger partial charge in [0.15, 0.2) is 0 Å². The average Bonchev–Trinajstić information content (AvgIpc) is 2.43. The van der Waals surface area contributed by atoms with Gasteiger partial charge in [-0.2, -0.15) is 0 Å². The largest absolute Gasteiger partial charge is 0.310 e. The second-order valence-electron chi connectivity index (χ2n) is 4.69. The number of nitrogens with one attached hydrogen (secondary N) is 1. The van der Waals surface area contributed by atoms with Crippen LogP contribution < -0.4 is 5.32 Å². The van der Waals surface area contributed by atoms with Gasteiger partial charge in [-0.25, -0.2) is 4.39 Å². The SMILES string of the molecule is CCNC(Cc1c(F)cccc1Cl)c1cccnc1C. The highest BCUT2D eigenvalue weighted by atomic mass is 35.5. The summed E-state index contributed by atoms with van der Waals surface area (Å²) in [6.07, 6.45) is 2.27. The zero-order chi connectivity index (χ0) is 14.5. The van der Waals surface area contributed by atoms with Crippen molar-refractivity contribution >= 4 is 11.6 Å². The molecule has 106 valence electrons. The Kier molecular flexibility index (Phi) is 5.10. The fourth-order valence-electron chi connectivity index (χ4n) is 2.33. The fourth-order valence-corrected chi connectivity index (χ4v) is 2.58. The maximum atomic E-state index is 13.9. The first-order chi connectivity index (χ1) is 9.63. The fraction of sp³-hybridized carbons (Fsp3) is 0.312. The van der Waals surface area contributed by atoms with Gasteiger partial charge >= 0.3 is 0 Å². The van der Waals surface area contributed by atoms with Crippen molar-refractivity contribution in [2.45, 2.75) is 26.3 Å². The Morgan fingerprint density at radius 1 is 1.30 bits per heavy atom. The maximum Gasteiger partial charge on any atom is 0.127 e. The molecule has 2 aromatic rings. The lowest BCUT2D eigenvalue weighted by Crippen LogP contribution is -2.24. The number of pyridine rings is 1. The van der Waals surface area contributed by atoms with Crippen LogP contribution >= 0.6 is 11.6 Å². The van der Waals surface area contributed by atoms with Crippen molar-refractivity contribution in [1.29, 1.82) is 0 Å². The molecule has 0 amide bonds. The van der Waals surface area contributed by atoms with E-state index in [0.717, 1.165) is 17.8 Å². The zero-order valence-electron chi connectivity index (χ0n) is 11.7. The summed E-state index contributed by atoms with van der Waals surface area (Å²) in [6, 6.07) is 8.71. The quantitative estimate of drug-likeness (QED) is 0.898. The summed E-state index contributed by atoms with van der Waals surface area (Å²) in [4.78, 5) is 4.30. The summed E-state index contributed by atoms with van der Waals surface area (Å²) in [5.41, 5.74) is 2.57. The van der Waals surface area contributed by atoms with Crippen LogP contribution in [-0.4, -0.2) is 11.5 Å². The van der Waals surface area contributed by atoms with Gasteiger partial charge in [-0.3, -0.25) is 4.98 Å². The summed E-state index contributed by atoms with van der Waals surface area (Å²) in [7, 11) is 0. The van der Waals surface area contributed by atoms with Crippen molar-refractivity contribution in [2.75, 3.05) is 6.54 Å². The Hall–Kier alpha value is -1.45. The van der Waals surface area contributed by atoms with Crippen molar-refractivity contribution in [1.82, 2.24) is 10.3 Å². The average molecular weight is 293 g/mol. The van der Waals surface area contributed by atoms with Gasteiger partial charge in [0.05, 0.1) is 0 Å². The molecule has 0 aliphatic rings. The Morgan fingerprint density at radius 3 is 2.75 bits per heavy atom. The first-order valence-corrected chi connectivity index (χ1v) is 7.09. The number of hydrogen-bond acceptors (Lipinski definition) is 2. The first kappa shape index (κ1) is 14.9. The van der Waals surface area contributed by atoms with Gasteiger partial charge in [-0.15, -0.1) is 0 Å². The minimum absolute atomic E-state index is 0.00287. The first-order valence-electron chi connectivity index (χ1n) is 6.71. The third-order valence-corrected chi connectivity index (χ3v) is 3.70. The number of halogens is 2. The molecule has 20 heavy (non-hydrogen) atoms. The number of aryl methyl sites for hydroxylation is 1. The van der Waals surface area contributed by atoms with Gasteiger partial charge < -0.3 is 5.32 Å². The molecule has 1 atom stereocenters. The lowest BCUT2D eigenvalue weighted by atomic mass is 9.97. The smallest absolute Gasteiger partial charge is 0.127 e. The van der Waals surface area contributed by atoms with Gasteiger partial charge in [-0.05, 0) is 43.7 Å². The number of nitrogens with zero attached hydrogens (tertiary/aromatic N) is 1. The minimum atomic E-state index is -0.262. The number of benzene rings is 1. The summed E-state index contributed by atoms with van der Waals surface area (Å²) in [5, 5.41) is 3.84. The van der Waals surface area contributed by atoms with E-state index in [2.05, 4.69) is 10.3 Å². The topological polar surface area (TPSA) is 24.9 Å². The zero-order valence-corrected chi connectivity index (χ0v) is 12.4. The second-order valence-corrected chi connectivity index (χ2v) is 5.10. The highest BCUT2D eigenvalue weighted by Crippen LogP contribution is 2.26. The van der Waals surface area contributed by atoms with E-state index in [0.29, 0.717) is 17.0 Å². The molecule has 0 bridgehead atoms. The van der Waals surface area contributed by atoms with E-state index in [1.807, 2.05) is 26.0 Å². The lowest BCUT2D eigenvalue weighted by Gasteiger charge is -2.20. The van der Waals surface area contributed by atoms with Gasteiger partial charge in [0, 0.05) is 28.5 Å². The van der Waals surface area contributed by atoms with Crippen molar-refractivity contribution in [3.05, 3.63) is 64.2 Å². The van der Waals surface area contributed by atoms with Crippen molar-refractivity contribution in [2.24, 2.45) is 0 Å². The van der Waals surface area contributed by atoms with Crippen LogP contribution in [0.2, 0.25) is 5.02 Å². The predicted molar refractivity (Wildman–Crippen MR) is 80.5 cm³/mol. The van der Waals surface area contributed by atoms with E-state index in [9.17, 15) is 4.39 Å². The molecule has 1 aromatic carbocycles. The summed E-state index contributed by atoms with van der Waals surface area (Å²) >= 11 is 6.12. The molecule has 0 spiro atoms. The monoisotopic (exact) mass is 292 g/mol. The summed E-state index contributed by atoms with van der Waals surface area (Å²) < 4.78 is 13.9. The molecule has 0 aliphatic carbocycles. The number of aromatic nitrogens is 1. The number of rotatable bonds is 5. The van der Waals surface area contributed by atoms with E-state index in [-0.39, 0.29) is 11.9 Å². The molecule has 0 aliphatic heterocycles. The molecule has 1 aromatic heterocycles. The maximum absolute atomic E-state index is 13.9. The molecular formula is C16H18ClFN2. The molecule has 1 N–H and O–H groups in total. The molecule has 0 fully saturated rings. The third-order valence-electron chi connectivity index (χ3n) is 3.34. The van der Waals surface area contributed by atoms with Gasteiger partial charge in [0.1, 0.15) is 5.82 Å².